The highest BCUT2D eigenvalue weighted by Gasteiger charge is 2.74. The summed E-state index contributed by atoms with van der Waals surface area (Å²) in [6.45, 7) is 8.42. The fourth-order valence-corrected chi connectivity index (χ4v) is 20.5. The van der Waals surface area contributed by atoms with Gasteiger partial charge in [-0.15, -0.1) is 0 Å². The Kier molecular flexibility index (Phi) is 25.3. The van der Waals surface area contributed by atoms with Gasteiger partial charge < -0.3 is 163 Å². The van der Waals surface area contributed by atoms with Gasteiger partial charge in [-0.25, -0.2) is 4.79 Å². The van der Waals surface area contributed by atoms with Gasteiger partial charge in [-0.1, -0.05) is 39.3 Å². The lowest BCUT2D eigenvalue weighted by atomic mass is 9.33. The van der Waals surface area contributed by atoms with Crippen molar-refractivity contribution in [2.45, 2.75) is 278 Å². The van der Waals surface area contributed by atoms with Crippen LogP contribution in [-0.2, 0) is 76.0 Å². The smallest absolute Gasteiger partial charge is 0.331 e. The number of allylic oxidation sites excluding steroid dienone is 1. The number of hydrogen-bond acceptors (Lipinski definition) is 35. The van der Waals surface area contributed by atoms with Gasteiger partial charge in [0.2, 0.25) is 12.0 Å². The van der Waals surface area contributed by atoms with E-state index in [0.717, 1.165) is 11.6 Å². The largest absolute Gasteiger partial charge is 0.493 e. The summed E-state index contributed by atoms with van der Waals surface area (Å²) in [5.74, 6) is -4.19. The maximum absolute atomic E-state index is 16.2. The average molecular weight is 1590 g/mol. The highest BCUT2D eigenvalue weighted by molar-refractivity contribution is 5.87. The van der Waals surface area contributed by atoms with Crippen molar-refractivity contribution in [3.63, 3.8) is 0 Å². The maximum Gasteiger partial charge on any atom is 0.331 e. The second kappa shape index (κ2) is 32.7. The highest BCUT2D eigenvalue weighted by atomic mass is 16.8. The third-order valence-corrected chi connectivity index (χ3v) is 26.9. The first-order valence-electron chi connectivity index (χ1n) is 38.0. The molecular formula is C75H112O36. The molecule has 1 aromatic carbocycles. The van der Waals surface area contributed by atoms with Crippen LogP contribution in [0.3, 0.4) is 0 Å². The van der Waals surface area contributed by atoms with Gasteiger partial charge in [0.15, 0.2) is 55.2 Å². The van der Waals surface area contributed by atoms with E-state index in [2.05, 4.69) is 20.8 Å². The molecule has 0 aromatic heterocycles. The molecule has 12 rings (SSSR count). The van der Waals surface area contributed by atoms with E-state index < -0.39 is 279 Å². The van der Waals surface area contributed by atoms with Crippen LogP contribution in [0, 0.1) is 50.2 Å². The number of aliphatic hydroxyl groups excluding tert-OH is 15. The maximum atomic E-state index is 16.2. The lowest BCUT2D eigenvalue weighted by molar-refractivity contribution is -0.388. The fraction of sp³-hybridized carbons (Fsp3) is 0.827. The van der Waals surface area contributed by atoms with E-state index in [1.54, 1.807) is 12.1 Å². The fourth-order valence-electron chi connectivity index (χ4n) is 20.5. The van der Waals surface area contributed by atoms with Crippen LogP contribution in [0.2, 0.25) is 0 Å². The summed E-state index contributed by atoms with van der Waals surface area (Å²) < 4.78 is 95.6. The van der Waals surface area contributed by atoms with Crippen molar-refractivity contribution in [3.8, 4) is 17.2 Å². The number of ether oxygens (including phenoxy) is 16. The number of esters is 2. The van der Waals surface area contributed by atoms with Gasteiger partial charge in [-0.3, -0.25) is 9.59 Å². The van der Waals surface area contributed by atoms with Gasteiger partial charge in [-0.2, -0.15) is 0 Å². The normalized spacial score (nSPS) is 48.4. The zero-order chi connectivity index (χ0) is 80.9. The molecule has 5 aliphatic carbocycles. The third-order valence-electron chi connectivity index (χ3n) is 26.9. The van der Waals surface area contributed by atoms with Crippen molar-refractivity contribution in [3.05, 3.63) is 35.4 Å². The Morgan fingerprint density at radius 2 is 1.15 bits per heavy atom. The number of benzene rings is 1. The first-order valence-corrected chi connectivity index (χ1v) is 38.0. The van der Waals surface area contributed by atoms with E-state index in [1.807, 2.05) is 13.0 Å². The number of aliphatic hydroxyl groups is 16. The summed E-state index contributed by atoms with van der Waals surface area (Å²) in [7, 11) is 4.22. The third kappa shape index (κ3) is 15.0. The molecule has 11 aliphatic rings. The van der Waals surface area contributed by atoms with Crippen molar-refractivity contribution < 1.29 is 177 Å². The Hall–Kier alpha value is -4.57. The molecule has 1 aromatic rings. The van der Waals surface area contributed by atoms with Crippen LogP contribution >= 0.6 is 0 Å². The van der Waals surface area contributed by atoms with Crippen LogP contribution in [0.25, 0.3) is 6.08 Å². The summed E-state index contributed by atoms with van der Waals surface area (Å²) in [6.07, 6.45) is -41.1. The van der Waals surface area contributed by atoms with Gasteiger partial charge in [0.1, 0.15) is 103 Å². The standard InChI is InChI=1S/C75H112O36/c1-31-53(105-44(82)14-11-33-21-39(96-8)56(98-10)40(22-33)97-9)50(88)58(109-64-52(90)57(108-66-59(91)75(95,29-78)30-101-66)54(32(2)102-64)106-62-51(89)55(38(81)27-100-62)107-61-48(86)45(83)37(80)26-99-61)65(103-31)111-68(94)73-18-17-69(3,4)23-35(73)34-12-13-42-70(5)24-36(79)60(110-63-49(87)47(85)46(84)41(25-76)104-63)72(7,67(92)93)43(70)15-16-71(42,6)74(34,28-77)20-19-73/h11-12,14,21-22,31-32,35-38,41-43,45-55,57-66,76-81,83-91,95H,13,15-20,23-30H2,1-10H3,(H,92,93)/t31-,32+,35+,36+,37+,38-,41-,42+,43+,45+,46-,47-,48-,49+,50-,51+,52-,53-,54-,55+,57-,58-,59-,60-,61+,62-,63-,64+,65-,66+,70+,71-,72+,73+,74+,75+/m1/s1. The predicted molar refractivity (Wildman–Crippen MR) is 371 cm³/mol. The Morgan fingerprint density at radius 3 is 1.78 bits per heavy atom. The number of aliphatic carboxylic acids is 1. The molecule has 36 heteroatoms. The molecular weight excluding hydrogens is 1480 g/mol. The van der Waals surface area contributed by atoms with Crippen LogP contribution in [0.15, 0.2) is 29.9 Å². The molecule has 17 N–H and O–H groups in total. The van der Waals surface area contributed by atoms with Gasteiger partial charge in [0.25, 0.3) is 0 Å². The molecule has 10 fully saturated rings. The van der Waals surface area contributed by atoms with Crippen molar-refractivity contribution in [1.82, 2.24) is 0 Å². The lowest BCUT2D eigenvalue weighted by Gasteiger charge is -2.71. The molecule has 6 aliphatic heterocycles. The van der Waals surface area contributed by atoms with Crippen molar-refractivity contribution in [1.29, 1.82) is 0 Å². The van der Waals surface area contributed by atoms with E-state index in [1.165, 1.54) is 48.2 Å². The van der Waals surface area contributed by atoms with E-state index in [0.29, 0.717) is 31.2 Å². The molecule has 628 valence electrons. The van der Waals surface area contributed by atoms with Gasteiger partial charge >= 0.3 is 17.9 Å². The molecule has 36 atom stereocenters. The van der Waals surface area contributed by atoms with Gasteiger partial charge in [0, 0.05) is 11.5 Å². The lowest BCUT2D eigenvalue weighted by Crippen LogP contribution is -2.71. The monoisotopic (exact) mass is 1590 g/mol. The second-order valence-corrected chi connectivity index (χ2v) is 33.7. The van der Waals surface area contributed by atoms with Crippen LogP contribution in [-0.4, -0.2) is 337 Å². The summed E-state index contributed by atoms with van der Waals surface area (Å²) in [5.41, 5.74) is -7.77. The summed E-state index contributed by atoms with van der Waals surface area (Å²) >= 11 is 0. The first-order chi connectivity index (χ1) is 52.3. The SMILES string of the molecule is COc1cc(C=CC(=O)O[C@H]2[C@@H](O)[C@@H](O[C@@H]3O[C@@H](C)[C@@H](O[C@H]4OC[C@@H](O)[C@H](O[C@@H]5OC[C@H](O)[C@H](O)[C@H]5O)[C@@H]4O)[C@H](O[C@@H]4OC[C@@](O)(CO)[C@@H]4O)[C@H]3O)[C@@H](OC(=O)[C@]34CCC(C)(C)C[C@H]3C3=CC[C@H]5[C@]6(C)C[C@H](O)[C@@H](O[C@H]7O[C@H](CO)[C@@H](O)[C@@H](O)[C@@H]7O)[C@@](C)(C(=O)O)[C@H]6CC[C@@]5(C)[C@]3(CO)CC4)O[C@@H]2C)cc(OC)c1OC. The predicted octanol–water partition coefficient (Wildman–Crippen LogP) is -3.11. The number of carboxylic acids is 1. The zero-order valence-electron chi connectivity index (χ0n) is 63.7. The molecule has 111 heavy (non-hydrogen) atoms. The molecule has 0 unspecified atom stereocenters. The molecule has 4 saturated carbocycles. The highest BCUT2D eigenvalue weighted by Crippen LogP contribution is 2.76. The Balaban J connectivity index is 0.857. The Bertz CT molecular complexity index is 3480. The minimum atomic E-state index is -2.31. The van der Waals surface area contributed by atoms with E-state index >= 15 is 4.79 Å². The van der Waals surface area contributed by atoms with E-state index in [9.17, 15) is 96.4 Å². The minimum absolute atomic E-state index is 0.0230. The Morgan fingerprint density at radius 1 is 0.559 bits per heavy atom. The molecule has 36 nitrogen and oxygen atoms in total. The first kappa shape index (κ1) is 85.8. The second-order valence-electron chi connectivity index (χ2n) is 33.7. The van der Waals surface area contributed by atoms with Crippen LogP contribution in [0.5, 0.6) is 17.2 Å². The number of fused-ring (bicyclic) bond motifs is 7. The van der Waals surface area contributed by atoms with Crippen LogP contribution in [0.4, 0.5) is 0 Å². The summed E-state index contributed by atoms with van der Waals surface area (Å²) in [6, 6.07) is 3.11. The van der Waals surface area contributed by atoms with Crippen molar-refractivity contribution in [2.24, 2.45) is 50.2 Å². The van der Waals surface area contributed by atoms with E-state index in [-0.39, 0.29) is 49.4 Å². The van der Waals surface area contributed by atoms with Gasteiger partial charge in [0.05, 0.1) is 90.1 Å². The summed E-state index contributed by atoms with van der Waals surface area (Å²) in [5, 5.41) is 191. The van der Waals surface area contributed by atoms with E-state index in [4.69, 9.17) is 75.8 Å². The van der Waals surface area contributed by atoms with Crippen LogP contribution in [0.1, 0.15) is 112 Å². The Labute approximate surface area is 640 Å². The number of methoxy groups -OCH3 is 3. The number of carboxylic acid groups (broad SMARTS) is 1. The average Bonchev–Trinajstić information content (AvgIpc) is 1.10. The molecule has 6 heterocycles. The topological polar surface area (TPSA) is 543 Å². The zero-order valence-corrected chi connectivity index (χ0v) is 63.7. The van der Waals surface area contributed by atoms with Gasteiger partial charge in [-0.05, 0) is 136 Å². The van der Waals surface area contributed by atoms with Crippen molar-refractivity contribution >= 4 is 24.0 Å². The number of rotatable bonds is 22. The van der Waals surface area contributed by atoms with Crippen LogP contribution < -0.4 is 14.2 Å². The molecule has 0 radical (unpaired) electrons. The number of carbonyl (C=O) groups excluding carboxylic acids is 2. The summed E-state index contributed by atoms with van der Waals surface area (Å²) in [4.78, 5) is 44.3. The molecule has 0 amide bonds. The molecule has 0 spiro atoms. The van der Waals surface area contributed by atoms with Crippen molar-refractivity contribution in [2.75, 3.05) is 61.0 Å². The number of hydrogen-bond donors (Lipinski definition) is 17. The quantitative estimate of drug-likeness (QED) is 0.0236. The number of carbonyl (C=O) groups is 3. The minimum Gasteiger partial charge on any atom is -0.493 e. The molecule has 0 bridgehead atoms. The molecule has 6 saturated heterocycles.